The van der Waals surface area contributed by atoms with Gasteiger partial charge in [0.15, 0.2) is 0 Å². The van der Waals surface area contributed by atoms with Crippen LogP contribution in [0, 0.1) is 0 Å². The Morgan fingerprint density at radius 3 is 2.64 bits per heavy atom. The number of rotatable bonds is 3. The van der Waals surface area contributed by atoms with Crippen LogP contribution in [0.4, 0.5) is 0 Å². The van der Waals surface area contributed by atoms with Gasteiger partial charge in [-0.05, 0) is 24.6 Å². The van der Waals surface area contributed by atoms with Gasteiger partial charge in [0, 0.05) is 11.6 Å². The summed E-state index contributed by atoms with van der Waals surface area (Å²) < 4.78 is 0. The number of hydrogen-bond donors (Lipinski definition) is 3. The quantitative estimate of drug-likeness (QED) is 0.534. The maximum Gasteiger partial charge on any atom is 0.120 e. The fourth-order valence-corrected chi connectivity index (χ4v) is 1.15. The molecule has 1 aromatic rings. The van der Waals surface area contributed by atoms with Crippen LogP contribution in [0.25, 0.3) is 0 Å². The predicted octanol–water partition coefficient (Wildman–Crippen LogP) is 2.10. The number of hydrogen-bond acceptors (Lipinski definition) is 3. The van der Waals surface area contributed by atoms with Gasteiger partial charge in [-0.1, -0.05) is 6.08 Å². The highest BCUT2D eigenvalue weighted by atomic mass is 35.5. The largest absolute Gasteiger partial charge is 0.508 e. The van der Waals surface area contributed by atoms with Crippen LogP contribution < -0.4 is 5.73 Å². The van der Waals surface area contributed by atoms with E-state index in [1.54, 1.807) is 6.08 Å². The first-order valence-corrected chi connectivity index (χ1v) is 4.03. The molecule has 0 saturated carbocycles. The van der Waals surface area contributed by atoms with Crippen molar-refractivity contribution >= 4 is 12.4 Å². The molecule has 14 heavy (non-hydrogen) atoms. The topological polar surface area (TPSA) is 66.5 Å². The summed E-state index contributed by atoms with van der Waals surface area (Å²) in [5.41, 5.74) is 6.27. The zero-order chi connectivity index (χ0) is 9.84. The third kappa shape index (κ3) is 2.94. The number of phenols is 2. The van der Waals surface area contributed by atoms with Crippen molar-refractivity contribution in [2.24, 2.45) is 5.73 Å². The number of phenolic OH excluding ortho intramolecular Hbond substituents is 2. The SMILES string of the molecule is C=CC[C@H](N)c1cc(O)ccc1O.Cl. The smallest absolute Gasteiger partial charge is 0.120 e. The first kappa shape index (κ1) is 12.8. The van der Waals surface area contributed by atoms with Crippen molar-refractivity contribution in [2.75, 3.05) is 0 Å². The summed E-state index contributed by atoms with van der Waals surface area (Å²) in [6.45, 7) is 3.55. The molecule has 78 valence electrons. The van der Waals surface area contributed by atoms with Crippen molar-refractivity contribution in [1.29, 1.82) is 0 Å². The molecule has 4 heteroatoms. The third-order valence-electron chi connectivity index (χ3n) is 1.83. The van der Waals surface area contributed by atoms with E-state index in [4.69, 9.17) is 10.8 Å². The Balaban J connectivity index is 0.00000169. The zero-order valence-corrected chi connectivity index (χ0v) is 8.50. The fraction of sp³-hybridized carbons (Fsp3) is 0.200. The van der Waals surface area contributed by atoms with E-state index in [-0.39, 0.29) is 29.9 Å². The Morgan fingerprint density at radius 2 is 2.07 bits per heavy atom. The van der Waals surface area contributed by atoms with E-state index in [1.807, 2.05) is 0 Å². The zero-order valence-electron chi connectivity index (χ0n) is 7.68. The standard InChI is InChI=1S/C10H13NO2.ClH/c1-2-3-9(11)8-6-7(12)4-5-10(8)13;/h2,4-6,9,12-13H,1,3,11H2;1H/t9-;/m0./s1. The molecule has 0 radical (unpaired) electrons. The van der Waals surface area contributed by atoms with Crippen molar-refractivity contribution in [2.45, 2.75) is 12.5 Å². The van der Waals surface area contributed by atoms with Gasteiger partial charge in [-0.3, -0.25) is 0 Å². The summed E-state index contributed by atoms with van der Waals surface area (Å²) in [6.07, 6.45) is 2.24. The first-order chi connectivity index (χ1) is 6.15. The monoisotopic (exact) mass is 215 g/mol. The molecule has 0 aromatic heterocycles. The average molecular weight is 216 g/mol. The lowest BCUT2D eigenvalue weighted by atomic mass is 10.0. The summed E-state index contributed by atoms with van der Waals surface area (Å²) >= 11 is 0. The molecule has 0 unspecified atom stereocenters. The molecule has 0 spiro atoms. The highest BCUT2D eigenvalue weighted by Crippen LogP contribution is 2.28. The maximum atomic E-state index is 9.41. The molecule has 0 bridgehead atoms. The number of benzene rings is 1. The lowest BCUT2D eigenvalue weighted by Crippen LogP contribution is -2.08. The number of halogens is 1. The Bertz CT molecular complexity index is 315. The van der Waals surface area contributed by atoms with Crippen LogP contribution in [0.5, 0.6) is 11.5 Å². The minimum Gasteiger partial charge on any atom is -0.508 e. The predicted molar refractivity (Wildman–Crippen MR) is 58.8 cm³/mol. The van der Waals surface area contributed by atoms with Crippen molar-refractivity contribution in [3.05, 3.63) is 36.4 Å². The second-order valence-electron chi connectivity index (χ2n) is 2.87. The van der Waals surface area contributed by atoms with Crippen molar-refractivity contribution in [3.63, 3.8) is 0 Å². The highest BCUT2D eigenvalue weighted by Gasteiger charge is 2.09. The van der Waals surface area contributed by atoms with E-state index >= 15 is 0 Å². The molecule has 3 nitrogen and oxygen atoms in total. The molecule has 1 aromatic carbocycles. The van der Waals surface area contributed by atoms with E-state index in [0.29, 0.717) is 12.0 Å². The van der Waals surface area contributed by atoms with Gasteiger partial charge in [-0.15, -0.1) is 19.0 Å². The van der Waals surface area contributed by atoms with E-state index in [1.165, 1.54) is 18.2 Å². The molecule has 0 amide bonds. The van der Waals surface area contributed by atoms with Gasteiger partial charge in [0.25, 0.3) is 0 Å². The number of aromatic hydroxyl groups is 2. The van der Waals surface area contributed by atoms with Gasteiger partial charge in [0.2, 0.25) is 0 Å². The summed E-state index contributed by atoms with van der Waals surface area (Å²) in [7, 11) is 0. The molecular formula is C10H14ClNO2. The third-order valence-corrected chi connectivity index (χ3v) is 1.83. The normalized spacial score (nSPS) is 11.5. The van der Waals surface area contributed by atoms with Crippen LogP contribution in [0.1, 0.15) is 18.0 Å². The van der Waals surface area contributed by atoms with Crippen LogP contribution in [0.15, 0.2) is 30.9 Å². The van der Waals surface area contributed by atoms with Gasteiger partial charge < -0.3 is 15.9 Å². The van der Waals surface area contributed by atoms with Crippen LogP contribution >= 0.6 is 12.4 Å². The molecule has 0 aliphatic carbocycles. The molecule has 0 aliphatic heterocycles. The lowest BCUT2D eigenvalue weighted by molar-refractivity contribution is 0.448. The average Bonchev–Trinajstić information content (AvgIpc) is 2.09. The summed E-state index contributed by atoms with van der Waals surface area (Å²) in [6, 6.07) is 3.99. The fourth-order valence-electron chi connectivity index (χ4n) is 1.15. The van der Waals surface area contributed by atoms with E-state index < -0.39 is 0 Å². The second-order valence-corrected chi connectivity index (χ2v) is 2.87. The van der Waals surface area contributed by atoms with Crippen LogP contribution in [0.3, 0.4) is 0 Å². The molecule has 1 atom stereocenters. The Hall–Kier alpha value is -1.19. The Kier molecular flexibility index (Phi) is 5.05. The van der Waals surface area contributed by atoms with Crippen LogP contribution in [-0.4, -0.2) is 10.2 Å². The van der Waals surface area contributed by atoms with E-state index in [2.05, 4.69) is 6.58 Å². The first-order valence-electron chi connectivity index (χ1n) is 4.03. The molecule has 0 saturated heterocycles. The van der Waals surface area contributed by atoms with E-state index in [9.17, 15) is 5.11 Å². The summed E-state index contributed by atoms with van der Waals surface area (Å²) in [4.78, 5) is 0. The molecule has 4 N–H and O–H groups in total. The van der Waals surface area contributed by atoms with E-state index in [0.717, 1.165) is 0 Å². The number of nitrogens with two attached hydrogens (primary N) is 1. The minimum atomic E-state index is -0.315. The Morgan fingerprint density at radius 1 is 1.43 bits per heavy atom. The van der Waals surface area contributed by atoms with Gasteiger partial charge in [0.1, 0.15) is 11.5 Å². The molecular weight excluding hydrogens is 202 g/mol. The molecule has 1 rings (SSSR count). The second kappa shape index (κ2) is 5.52. The maximum absolute atomic E-state index is 9.41. The summed E-state index contributed by atoms with van der Waals surface area (Å²) in [5.74, 6) is 0.208. The molecule has 0 heterocycles. The van der Waals surface area contributed by atoms with Gasteiger partial charge in [-0.2, -0.15) is 0 Å². The highest BCUT2D eigenvalue weighted by molar-refractivity contribution is 5.85. The van der Waals surface area contributed by atoms with Crippen molar-refractivity contribution in [3.8, 4) is 11.5 Å². The van der Waals surface area contributed by atoms with Crippen molar-refractivity contribution in [1.82, 2.24) is 0 Å². The molecule has 0 fully saturated rings. The summed E-state index contributed by atoms with van der Waals surface area (Å²) in [5, 5.41) is 18.6. The van der Waals surface area contributed by atoms with Gasteiger partial charge in [-0.25, -0.2) is 0 Å². The molecule has 0 aliphatic rings. The van der Waals surface area contributed by atoms with Crippen LogP contribution in [-0.2, 0) is 0 Å². The minimum absolute atomic E-state index is 0. The Labute approximate surface area is 89.3 Å². The van der Waals surface area contributed by atoms with Crippen molar-refractivity contribution < 1.29 is 10.2 Å². The van der Waals surface area contributed by atoms with Gasteiger partial charge >= 0.3 is 0 Å². The van der Waals surface area contributed by atoms with Crippen LogP contribution in [0.2, 0.25) is 0 Å². The lowest BCUT2D eigenvalue weighted by Gasteiger charge is -2.11. The van der Waals surface area contributed by atoms with Gasteiger partial charge in [0.05, 0.1) is 0 Å².